The molecule has 1 nitrogen and oxygen atoms in total. The Morgan fingerprint density at radius 1 is 1.33 bits per heavy atom. The Kier molecular flexibility index (Phi) is 2.39. The molecule has 70 valence electrons. The van der Waals surface area contributed by atoms with Gasteiger partial charge in [-0.2, -0.15) is 0 Å². The highest BCUT2D eigenvalue weighted by molar-refractivity contribution is 8.00. The highest BCUT2D eigenvalue weighted by Crippen LogP contribution is 2.44. The zero-order valence-corrected chi connectivity index (χ0v) is 8.91. The lowest BCUT2D eigenvalue weighted by Crippen LogP contribution is -2.43. The van der Waals surface area contributed by atoms with E-state index >= 15 is 0 Å². The van der Waals surface area contributed by atoms with E-state index in [1.54, 1.807) is 0 Å². The molecule has 0 bridgehead atoms. The first-order valence-electron chi connectivity index (χ1n) is 5.11. The van der Waals surface area contributed by atoms with Crippen molar-refractivity contribution in [1.29, 1.82) is 0 Å². The fourth-order valence-corrected chi connectivity index (χ4v) is 3.88. The van der Waals surface area contributed by atoms with Gasteiger partial charge in [0.05, 0.1) is 4.87 Å². The Morgan fingerprint density at radius 2 is 2.17 bits per heavy atom. The first-order chi connectivity index (χ1) is 5.72. The molecule has 3 unspecified atom stereocenters. The maximum Gasteiger partial charge on any atom is 0.0648 e. The van der Waals surface area contributed by atoms with Crippen LogP contribution in [0.5, 0.6) is 0 Å². The summed E-state index contributed by atoms with van der Waals surface area (Å²) in [5.41, 5.74) is 0. The van der Waals surface area contributed by atoms with E-state index in [0.29, 0.717) is 4.87 Å². The minimum atomic E-state index is 0.492. The molecule has 1 N–H and O–H groups in total. The maximum absolute atomic E-state index is 3.69. The van der Waals surface area contributed by atoms with Gasteiger partial charge in [0.25, 0.3) is 0 Å². The fraction of sp³-hybridized carbons (Fsp3) is 1.00. The molecule has 0 aromatic carbocycles. The van der Waals surface area contributed by atoms with Crippen LogP contribution >= 0.6 is 11.8 Å². The number of hydrogen-bond acceptors (Lipinski definition) is 2. The van der Waals surface area contributed by atoms with Gasteiger partial charge in [-0.15, -0.1) is 11.8 Å². The molecule has 1 heterocycles. The number of thioether (sulfide) groups is 1. The Bertz CT molecular complexity index is 163. The van der Waals surface area contributed by atoms with E-state index in [1.807, 2.05) is 0 Å². The van der Waals surface area contributed by atoms with Gasteiger partial charge in [0.1, 0.15) is 0 Å². The van der Waals surface area contributed by atoms with Gasteiger partial charge in [0.15, 0.2) is 0 Å². The van der Waals surface area contributed by atoms with Crippen molar-refractivity contribution in [3.63, 3.8) is 0 Å². The maximum atomic E-state index is 3.69. The smallest absolute Gasteiger partial charge is 0.0648 e. The van der Waals surface area contributed by atoms with Gasteiger partial charge in [-0.1, -0.05) is 13.8 Å². The monoisotopic (exact) mass is 185 g/mol. The Labute approximate surface area is 79.7 Å². The van der Waals surface area contributed by atoms with Gasteiger partial charge in [-0.3, -0.25) is 0 Å². The minimum absolute atomic E-state index is 0.492. The van der Waals surface area contributed by atoms with Crippen LogP contribution in [0.4, 0.5) is 0 Å². The molecular formula is C10H19NS. The van der Waals surface area contributed by atoms with Gasteiger partial charge in [-0.05, 0) is 31.1 Å². The molecule has 12 heavy (non-hydrogen) atoms. The predicted octanol–water partition coefficient (Wildman–Crippen LogP) is 2.48. The summed E-state index contributed by atoms with van der Waals surface area (Å²) in [4.78, 5) is 0.492. The molecule has 2 rings (SSSR count). The van der Waals surface area contributed by atoms with Crippen molar-refractivity contribution < 1.29 is 0 Å². The number of nitrogens with one attached hydrogen (secondary N) is 1. The normalized spacial score (nSPS) is 48.5. The Balaban J connectivity index is 2.01. The average molecular weight is 185 g/mol. The van der Waals surface area contributed by atoms with E-state index in [1.165, 1.54) is 31.6 Å². The van der Waals surface area contributed by atoms with Crippen molar-refractivity contribution >= 4 is 11.8 Å². The van der Waals surface area contributed by atoms with Crippen LogP contribution < -0.4 is 5.32 Å². The SMILES string of the molecule is CC1CCC2(CC1C)NCCS2. The van der Waals surface area contributed by atoms with E-state index in [9.17, 15) is 0 Å². The molecule has 1 aliphatic heterocycles. The third-order valence-electron chi connectivity index (χ3n) is 3.55. The van der Waals surface area contributed by atoms with Crippen LogP contribution in [0.3, 0.4) is 0 Å². The molecule has 1 saturated carbocycles. The van der Waals surface area contributed by atoms with Crippen molar-refractivity contribution in [2.45, 2.75) is 38.0 Å². The number of rotatable bonds is 0. The molecule has 2 aliphatic rings. The molecule has 0 radical (unpaired) electrons. The summed E-state index contributed by atoms with van der Waals surface area (Å²) in [6, 6.07) is 0. The summed E-state index contributed by atoms with van der Waals surface area (Å²) >= 11 is 2.16. The second-order valence-corrected chi connectivity index (χ2v) is 5.95. The standard InChI is InChI=1S/C10H19NS/c1-8-3-4-10(7-9(8)2)11-5-6-12-10/h8-9,11H,3-7H2,1-2H3. The van der Waals surface area contributed by atoms with E-state index in [0.717, 1.165) is 11.8 Å². The summed E-state index contributed by atoms with van der Waals surface area (Å²) < 4.78 is 0. The third-order valence-corrected chi connectivity index (χ3v) is 5.03. The van der Waals surface area contributed by atoms with E-state index < -0.39 is 0 Å². The van der Waals surface area contributed by atoms with Crippen LogP contribution in [0.25, 0.3) is 0 Å². The average Bonchev–Trinajstić information content (AvgIpc) is 2.47. The summed E-state index contributed by atoms with van der Waals surface area (Å²) in [5, 5.41) is 3.69. The molecular weight excluding hydrogens is 166 g/mol. The summed E-state index contributed by atoms with van der Waals surface area (Å²) in [5.74, 6) is 3.18. The zero-order chi connectivity index (χ0) is 8.60. The molecule has 0 amide bonds. The van der Waals surface area contributed by atoms with Crippen LogP contribution in [-0.2, 0) is 0 Å². The first kappa shape index (κ1) is 8.89. The molecule has 1 saturated heterocycles. The van der Waals surface area contributed by atoms with Crippen molar-refractivity contribution in [3.05, 3.63) is 0 Å². The molecule has 1 spiro atoms. The third kappa shape index (κ3) is 1.51. The minimum Gasteiger partial charge on any atom is -0.302 e. The van der Waals surface area contributed by atoms with E-state index in [4.69, 9.17) is 0 Å². The van der Waals surface area contributed by atoms with Crippen molar-refractivity contribution in [3.8, 4) is 0 Å². The zero-order valence-electron chi connectivity index (χ0n) is 8.10. The largest absolute Gasteiger partial charge is 0.302 e. The summed E-state index contributed by atoms with van der Waals surface area (Å²) in [6.07, 6.45) is 4.20. The highest BCUT2D eigenvalue weighted by Gasteiger charge is 2.39. The second kappa shape index (κ2) is 3.22. The van der Waals surface area contributed by atoms with Gasteiger partial charge in [-0.25, -0.2) is 0 Å². The summed E-state index contributed by atoms with van der Waals surface area (Å²) in [7, 11) is 0. The topological polar surface area (TPSA) is 12.0 Å². The van der Waals surface area contributed by atoms with Crippen LogP contribution in [-0.4, -0.2) is 17.2 Å². The Morgan fingerprint density at radius 3 is 2.75 bits per heavy atom. The lowest BCUT2D eigenvalue weighted by atomic mass is 9.78. The van der Waals surface area contributed by atoms with Gasteiger partial charge >= 0.3 is 0 Å². The van der Waals surface area contributed by atoms with Crippen LogP contribution in [0.2, 0.25) is 0 Å². The van der Waals surface area contributed by atoms with Gasteiger partial charge in [0, 0.05) is 12.3 Å². The fourth-order valence-electron chi connectivity index (χ4n) is 2.44. The molecule has 1 aliphatic carbocycles. The quantitative estimate of drug-likeness (QED) is 0.622. The Hall–Kier alpha value is 0.310. The molecule has 3 atom stereocenters. The highest BCUT2D eigenvalue weighted by atomic mass is 32.2. The lowest BCUT2D eigenvalue weighted by molar-refractivity contribution is 0.213. The van der Waals surface area contributed by atoms with Crippen LogP contribution in [0.15, 0.2) is 0 Å². The van der Waals surface area contributed by atoms with Crippen LogP contribution in [0.1, 0.15) is 33.1 Å². The van der Waals surface area contributed by atoms with E-state index in [2.05, 4.69) is 30.9 Å². The molecule has 2 fully saturated rings. The van der Waals surface area contributed by atoms with E-state index in [-0.39, 0.29) is 0 Å². The summed E-state index contributed by atoms with van der Waals surface area (Å²) in [6.45, 7) is 6.04. The first-order valence-corrected chi connectivity index (χ1v) is 6.09. The molecule has 2 heteroatoms. The molecule has 0 aromatic heterocycles. The van der Waals surface area contributed by atoms with Crippen molar-refractivity contribution in [2.75, 3.05) is 12.3 Å². The van der Waals surface area contributed by atoms with Crippen LogP contribution in [0, 0.1) is 11.8 Å². The predicted molar refractivity (Wildman–Crippen MR) is 55.4 cm³/mol. The second-order valence-electron chi connectivity index (χ2n) is 4.47. The van der Waals surface area contributed by atoms with Crippen molar-refractivity contribution in [2.24, 2.45) is 11.8 Å². The van der Waals surface area contributed by atoms with Crippen molar-refractivity contribution in [1.82, 2.24) is 5.32 Å². The lowest BCUT2D eigenvalue weighted by Gasteiger charge is -2.39. The molecule has 0 aromatic rings. The van der Waals surface area contributed by atoms with Gasteiger partial charge in [0.2, 0.25) is 0 Å². The van der Waals surface area contributed by atoms with Gasteiger partial charge < -0.3 is 5.32 Å². The number of hydrogen-bond donors (Lipinski definition) is 1.